The van der Waals surface area contributed by atoms with Crippen LogP contribution in [0.5, 0.6) is 5.75 Å². The van der Waals surface area contributed by atoms with E-state index in [1.807, 2.05) is 31.2 Å². The number of hydrogen-bond acceptors (Lipinski definition) is 3. The van der Waals surface area contributed by atoms with E-state index in [-0.39, 0.29) is 5.91 Å². The molecule has 3 rings (SSSR count). The minimum Gasteiger partial charge on any atom is -0.493 e. The molecule has 21 heavy (non-hydrogen) atoms. The van der Waals surface area contributed by atoms with Crippen molar-refractivity contribution in [3.8, 4) is 5.75 Å². The van der Waals surface area contributed by atoms with Gasteiger partial charge in [-0.3, -0.25) is 4.79 Å². The number of amides is 1. The van der Waals surface area contributed by atoms with Gasteiger partial charge in [0.15, 0.2) is 0 Å². The third kappa shape index (κ3) is 3.81. The van der Waals surface area contributed by atoms with Crippen molar-refractivity contribution in [3.05, 3.63) is 53.7 Å². The van der Waals surface area contributed by atoms with E-state index >= 15 is 0 Å². The standard InChI is InChI=1S/C17H18N2O2/c1-12-8-9-18-16(10-12)19-17(20)14-4-6-15(7-5-14)21-11-13-2-3-13/h4-10,13H,2-3,11H2,1H3,(H,18,19,20). The van der Waals surface area contributed by atoms with E-state index in [9.17, 15) is 4.79 Å². The average Bonchev–Trinajstić information content (AvgIpc) is 3.30. The minimum atomic E-state index is -0.165. The molecule has 0 unspecified atom stereocenters. The van der Waals surface area contributed by atoms with Gasteiger partial charge in [0.25, 0.3) is 5.91 Å². The highest BCUT2D eigenvalue weighted by atomic mass is 16.5. The number of nitrogens with zero attached hydrogens (tertiary/aromatic N) is 1. The average molecular weight is 282 g/mol. The second-order valence-electron chi connectivity index (χ2n) is 5.45. The van der Waals surface area contributed by atoms with Gasteiger partial charge in [0.2, 0.25) is 0 Å². The molecule has 0 saturated heterocycles. The molecule has 1 heterocycles. The van der Waals surface area contributed by atoms with Crippen molar-refractivity contribution >= 4 is 11.7 Å². The normalized spacial score (nSPS) is 13.8. The number of hydrogen-bond donors (Lipinski definition) is 1. The lowest BCUT2D eigenvalue weighted by atomic mass is 10.2. The van der Waals surface area contributed by atoms with Gasteiger partial charge in [-0.05, 0) is 67.6 Å². The van der Waals surface area contributed by atoms with Gasteiger partial charge in [-0.1, -0.05) is 0 Å². The topological polar surface area (TPSA) is 51.2 Å². The molecule has 2 aromatic rings. The minimum absolute atomic E-state index is 0.165. The maximum Gasteiger partial charge on any atom is 0.256 e. The molecule has 1 aromatic carbocycles. The number of ether oxygens (including phenoxy) is 1. The van der Waals surface area contributed by atoms with Crippen LogP contribution in [0.2, 0.25) is 0 Å². The molecule has 1 saturated carbocycles. The van der Waals surface area contributed by atoms with Crippen molar-refractivity contribution in [1.82, 2.24) is 4.98 Å². The zero-order valence-electron chi connectivity index (χ0n) is 12.0. The van der Waals surface area contributed by atoms with Gasteiger partial charge < -0.3 is 10.1 Å². The van der Waals surface area contributed by atoms with E-state index < -0.39 is 0 Å². The van der Waals surface area contributed by atoms with Crippen molar-refractivity contribution in [2.45, 2.75) is 19.8 Å². The first-order valence-electron chi connectivity index (χ1n) is 7.17. The Morgan fingerprint density at radius 3 is 2.71 bits per heavy atom. The van der Waals surface area contributed by atoms with E-state index in [0.717, 1.165) is 23.8 Å². The van der Waals surface area contributed by atoms with E-state index in [2.05, 4.69) is 10.3 Å². The van der Waals surface area contributed by atoms with Crippen LogP contribution in [0.25, 0.3) is 0 Å². The highest BCUT2D eigenvalue weighted by Crippen LogP contribution is 2.29. The van der Waals surface area contributed by atoms with E-state index in [0.29, 0.717) is 11.4 Å². The van der Waals surface area contributed by atoms with Crippen molar-refractivity contribution in [2.24, 2.45) is 5.92 Å². The molecular weight excluding hydrogens is 264 g/mol. The van der Waals surface area contributed by atoms with Gasteiger partial charge in [0.05, 0.1) is 6.61 Å². The second kappa shape index (κ2) is 5.95. The lowest BCUT2D eigenvalue weighted by Gasteiger charge is -2.07. The Morgan fingerprint density at radius 1 is 1.29 bits per heavy atom. The number of anilines is 1. The zero-order chi connectivity index (χ0) is 14.7. The summed E-state index contributed by atoms with van der Waals surface area (Å²) in [6, 6.07) is 10.9. The molecule has 1 aliphatic carbocycles. The molecule has 4 nitrogen and oxygen atoms in total. The summed E-state index contributed by atoms with van der Waals surface area (Å²) in [7, 11) is 0. The summed E-state index contributed by atoms with van der Waals surface area (Å²) >= 11 is 0. The van der Waals surface area contributed by atoms with Crippen molar-refractivity contribution < 1.29 is 9.53 Å². The molecule has 1 aromatic heterocycles. The fourth-order valence-corrected chi connectivity index (χ4v) is 1.99. The molecule has 4 heteroatoms. The summed E-state index contributed by atoms with van der Waals surface area (Å²) < 4.78 is 5.65. The van der Waals surface area contributed by atoms with Crippen LogP contribution in [0.15, 0.2) is 42.6 Å². The van der Waals surface area contributed by atoms with Crippen LogP contribution < -0.4 is 10.1 Å². The van der Waals surface area contributed by atoms with Crippen molar-refractivity contribution in [3.63, 3.8) is 0 Å². The third-order valence-corrected chi connectivity index (χ3v) is 3.46. The highest BCUT2D eigenvalue weighted by molar-refractivity contribution is 6.03. The predicted octanol–water partition coefficient (Wildman–Crippen LogP) is 3.43. The molecule has 0 atom stereocenters. The van der Waals surface area contributed by atoms with Gasteiger partial charge in [-0.2, -0.15) is 0 Å². The number of aryl methyl sites for hydroxylation is 1. The van der Waals surface area contributed by atoms with Crippen LogP contribution in [0.1, 0.15) is 28.8 Å². The number of rotatable bonds is 5. The Labute approximate surface area is 124 Å². The smallest absolute Gasteiger partial charge is 0.256 e. The molecule has 1 N–H and O–H groups in total. The zero-order valence-corrected chi connectivity index (χ0v) is 12.0. The first kappa shape index (κ1) is 13.6. The SMILES string of the molecule is Cc1ccnc(NC(=O)c2ccc(OCC3CC3)cc2)c1. The number of carbonyl (C=O) groups excluding carboxylic acids is 1. The van der Waals surface area contributed by atoms with Crippen molar-refractivity contribution in [2.75, 3.05) is 11.9 Å². The summed E-state index contributed by atoms with van der Waals surface area (Å²) in [6.07, 6.45) is 4.22. The van der Waals surface area contributed by atoms with Crippen LogP contribution in [0.3, 0.4) is 0 Å². The molecule has 108 valence electrons. The maximum absolute atomic E-state index is 12.1. The van der Waals surface area contributed by atoms with E-state index in [4.69, 9.17) is 4.74 Å². The van der Waals surface area contributed by atoms with Crippen LogP contribution in [-0.2, 0) is 0 Å². The van der Waals surface area contributed by atoms with Gasteiger partial charge in [-0.15, -0.1) is 0 Å². The monoisotopic (exact) mass is 282 g/mol. The summed E-state index contributed by atoms with van der Waals surface area (Å²) in [5, 5.41) is 2.79. The summed E-state index contributed by atoms with van der Waals surface area (Å²) in [4.78, 5) is 16.2. The molecule has 0 aliphatic heterocycles. The number of pyridine rings is 1. The molecule has 1 aliphatic rings. The van der Waals surface area contributed by atoms with Crippen LogP contribution in [0, 0.1) is 12.8 Å². The second-order valence-corrected chi connectivity index (χ2v) is 5.45. The largest absolute Gasteiger partial charge is 0.493 e. The molecule has 0 bridgehead atoms. The van der Waals surface area contributed by atoms with Crippen LogP contribution in [-0.4, -0.2) is 17.5 Å². The first-order chi connectivity index (χ1) is 10.2. The van der Waals surface area contributed by atoms with E-state index in [1.54, 1.807) is 18.3 Å². The number of benzene rings is 1. The van der Waals surface area contributed by atoms with Gasteiger partial charge in [0.1, 0.15) is 11.6 Å². The van der Waals surface area contributed by atoms with Crippen LogP contribution >= 0.6 is 0 Å². The number of carbonyl (C=O) groups is 1. The maximum atomic E-state index is 12.1. The van der Waals surface area contributed by atoms with Gasteiger partial charge in [0, 0.05) is 11.8 Å². The van der Waals surface area contributed by atoms with Crippen LogP contribution in [0.4, 0.5) is 5.82 Å². The van der Waals surface area contributed by atoms with Crippen molar-refractivity contribution in [1.29, 1.82) is 0 Å². The third-order valence-electron chi connectivity index (χ3n) is 3.46. The first-order valence-corrected chi connectivity index (χ1v) is 7.17. The number of aromatic nitrogens is 1. The Balaban J connectivity index is 1.61. The molecule has 1 fully saturated rings. The van der Waals surface area contributed by atoms with Gasteiger partial charge >= 0.3 is 0 Å². The Hall–Kier alpha value is -2.36. The summed E-state index contributed by atoms with van der Waals surface area (Å²) in [6.45, 7) is 2.74. The molecular formula is C17H18N2O2. The van der Waals surface area contributed by atoms with Gasteiger partial charge in [-0.25, -0.2) is 4.98 Å². The quantitative estimate of drug-likeness (QED) is 0.914. The Morgan fingerprint density at radius 2 is 2.05 bits per heavy atom. The number of nitrogens with one attached hydrogen (secondary N) is 1. The lowest BCUT2D eigenvalue weighted by molar-refractivity contribution is 0.102. The Bertz CT molecular complexity index is 633. The summed E-state index contributed by atoms with van der Waals surface area (Å²) in [5.74, 6) is 1.93. The Kier molecular flexibility index (Phi) is 3.86. The van der Waals surface area contributed by atoms with E-state index in [1.165, 1.54) is 12.8 Å². The molecule has 1 amide bonds. The predicted molar refractivity (Wildman–Crippen MR) is 81.6 cm³/mol. The highest BCUT2D eigenvalue weighted by Gasteiger charge is 2.21. The fraction of sp³-hybridized carbons (Fsp3) is 0.294. The summed E-state index contributed by atoms with van der Waals surface area (Å²) in [5.41, 5.74) is 1.65. The lowest BCUT2D eigenvalue weighted by Crippen LogP contribution is -2.12. The molecule has 0 radical (unpaired) electrons. The molecule has 0 spiro atoms. The fourth-order valence-electron chi connectivity index (χ4n) is 1.99.